The van der Waals surface area contributed by atoms with E-state index >= 15 is 0 Å². The lowest BCUT2D eigenvalue weighted by molar-refractivity contribution is 0.102. The van der Waals surface area contributed by atoms with Crippen molar-refractivity contribution in [3.05, 3.63) is 76.2 Å². The Kier molecular flexibility index (Phi) is 6.16. The van der Waals surface area contributed by atoms with E-state index in [-0.39, 0.29) is 26.7 Å². The molecule has 0 unspecified atom stereocenters. The molecule has 1 amide bonds. The number of carbonyl (C=O) groups excluding carboxylic acids is 1. The molecule has 4 aromatic rings. The average molecular weight is 496 g/mol. The summed E-state index contributed by atoms with van der Waals surface area (Å²) >= 11 is 0. The number of nitrogens with one attached hydrogen (secondary N) is 1. The fourth-order valence-corrected chi connectivity index (χ4v) is 5.28. The lowest BCUT2D eigenvalue weighted by Crippen LogP contribution is -2.19. The van der Waals surface area contributed by atoms with Crippen molar-refractivity contribution < 1.29 is 22.7 Å². The number of rotatable bonds is 6. The number of fused-ring (bicyclic) bond motifs is 1. The van der Waals surface area contributed by atoms with Gasteiger partial charge in [-0.2, -0.15) is 0 Å². The van der Waals surface area contributed by atoms with Gasteiger partial charge < -0.3 is 14.8 Å². The van der Waals surface area contributed by atoms with E-state index in [0.29, 0.717) is 22.5 Å². The van der Waals surface area contributed by atoms with Crippen LogP contribution in [0.15, 0.2) is 69.2 Å². The summed E-state index contributed by atoms with van der Waals surface area (Å²) in [6.45, 7) is 1.86. The molecular weight excluding hydrogens is 470 g/mol. The number of hydrogen-bond donors (Lipinski definition) is 1. The third-order valence-corrected chi connectivity index (χ3v) is 7.70. The van der Waals surface area contributed by atoms with E-state index in [0.717, 1.165) is 5.56 Å². The molecule has 0 radical (unpaired) electrons. The molecule has 10 heteroatoms. The second-order valence-electron chi connectivity index (χ2n) is 8.08. The molecule has 0 bridgehead atoms. The number of carbonyl (C=O) groups is 1. The Hall–Kier alpha value is -4.05. The molecule has 3 aromatic carbocycles. The summed E-state index contributed by atoms with van der Waals surface area (Å²) in [6.07, 6.45) is 0. The lowest BCUT2D eigenvalue weighted by Gasteiger charge is -2.14. The van der Waals surface area contributed by atoms with Crippen molar-refractivity contribution in [3.63, 3.8) is 0 Å². The number of hydrogen-bond acceptors (Lipinski definition) is 6. The minimum atomic E-state index is -4.03. The summed E-state index contributed by atoms with van der Waals surface area (Å²) in [6, 6.07) is 14.0. The number of ether oxygens (including phenoxy) is 2. The van der Waals surface area contributed by atoms with Crippen LogP contribution < -0.4 is 20.5 Å². The highest BCUT2D eigenvalue weighted by Crippen LogP contribution is 2.33. The van der Waals surface area contributed by atoms with E-state index < -0.39 is 15.7 Å². The highest BCUT2D eigenvalue weighted by atomic mass is 32.2. The Morgan fingerprint density at radius 3 is 2.06 bits per heavy atom. The number of benzene rings is 3. The summed E-state index contributed by atoms with van der Waals surface area (Å²) in [5, 5.41) is 2.71. The minimum Gasteiger partial charge on any atom is -0.493 e. The number of aromatic nitrogens is 2. The summed E-state index contributed by atoms with van der Waals surface area (Å²) in [4.78, 5) is 25.6. The van der Waals surface area contributed by atoms with Crippen LogP contribution in [0.5, 0.6) is 11.5 Å². The van der Waals surface area contributed by atoms with Crippen LogP contribution in [-0.4, -0.2) is 37.7 Å². The molecule has 1 N–H and O–H groups in total. The second kappa shape index (κ2) is 8.95. The molecule has 0 saturated heterocycles. The monoisotopic (exact) mass is 495 g/mol. The largest absolute Gasteiger partial charge is 0.493 e. The molecule has 1 heterocycles. The van der Waals surface area contributed by atoms with E-state index in [9.17, 15) is 18.0 Å². The maximum atomic E-state index is 13.6. The van der Waals surface area contributed by atoms with Crippen molar-refractivity contribution in [2.75, 3.05) is 19.5 Å². The summed E-state index contributed by atoms with van der Waals surface area (Å²) in [5.41, 5.74) is 1.78. The van der Waals surface area contributed by atoms with E-state index in [1.807, 2.05) is 6.92 Å². The number of sulfone groups is 1. The number of methoxy groups -OCH3 is 2. The van der Waals surface area contributed by atoms with Gasteiger partial charge in [0.05, 0.1) is 40.7 Å². The summed E-state index contributed by atoms with van der Waals surface area (Å²) < 4.78 is 40.5. The summed E-state index contributed by atoms with van der Waals surface area (Å²) in [7, 11) is 2.05. The van der Waals surface area contributed by atoms with Gasteiger partial charge in [0.25, 0.3) is 5.91 Å². The van der Waals surface area contributed by atoms with Gasteiger partial charge in [0, 0.05) is 19.7 Å². The first-order valence-electron chi connectivity index (χ1n) is 10.6. The number of imidazole rings is 1. The van der Waals surface area contributed by atoms with Gasteiger partial charge in [0.15, 0.2) is 11.5 Å². The molecule has 0 atom stereocenters. The summed E-state index contributed by atoms with van der Waals surface area (Å²) in [5.74, 6) is 0.257. The lowest BCUT2D eigenvalue weighted by atomic mass is 10.1. The van der Waals surface area contributed by atoms with Gasteiger partial charge in [-0.05, 0) is 49.4 Å². The van der Waals surface area contributed by atoms with E-state index in [2.05, 4.69) is 5.32 Å². The van der Waals surface area contributed by atoms with Gasteiger partial charge in [0.1, 0.15) is 0 Å². The Morgan fingerprint density at radius 2 is 1.46 bits per heavy atom. The number of nitrogens with zero attached hydrogens (tertiary/aromatic N) is 2. The van der Waals surface area contributed by atoms with Crippen LogP contribution >= 0.6 is 0 Å². The van der Waals surface area contributed by atoms with Crippen LogP contribution in [0, 0.1) is 6.92 Å². The quantitative estimate of drug-likeness (QED) is 0.440. The third-order valence-electron chi connectivity index (χ3n) is 5.89. The normalized spacial score (nSPS) is 11.5. The van der Waals surface area contributed by atoms with Gasteiger partial charge in [-0.15, -0.1) is 0 Å². The SMILES string of the molecule is COc1ccc(C(=O)Nc2cc3c(cc2S(=O)(=O)c2ccc(C)cc2)n(C)c(=O)n3C)cc1OC. The predicted molar refractivity (Wildman–Crippen MR) is 132 cm³/mol. The molecule has 4 rings (SSSR count). The second-order valence-corrected chi connectivity index (χ2v) is 10.00. The van der Waals surface area contributed by atoms with Gasteiger partial charge >= 0.3 is 5.69 Å². The zero-order chi connectivity index (χ0) is 25.5. The fourth-order valence-electron chi connectivity index (χ4n) is 3.86. The van der Waals surface area contributed by atoms with Gasteiger partial charge in [-0.25, -0.2) is 13.2 Å². The Morgan fingerprint density at radius 1 is 0.857 bits per heavy atom. The molecule has 0 saturated carbocycles. The minimum absolute atomic E-state index is 0.0547. The van der Waals surface area contributed by atoms with Crippen molar-refractivity contribution in [2.24, 2.45) is 14.1 Å². The molecular formula is C25H25N3O6S. The number of anilines is 1. The first kappa shape index (κ1) is 24.1. The smallest absolute Gasteiger partial charge is 0.328 e. The highest BCUT2D eigenvalue weighted by molar-refractivity contribution is 7.91. The zero-order valence-corrected chi connectivity index (χ0v) is 20.8. The molecule has 0 aliphatic carbocycles. The Balaban J connectivity index is 1.89. The number of aryl methyl sites for hydroxylation is 3. The van der Waals surface area contributed by atoms with Gasteiger partial charge in [-0.3, -0.25) is 13.9 Å². The topological polar surface area (TPSA) is 109 Å². The van der Waals surface area contributed by atoms with Crippen LogP contribution in [0.3, 0.4) is 0 Å². The first-order valence-corrected chi connectivity index (χ1v) is 12.1. The van der Waals surface area contributed by atoms with E-state index in [1.54, 1.807) is 38.4 Å². The molecule has 0 aliphatic heterocycles. The molecule has 9 nitrogen and oxygen atoms in total. The van der Waals surface area contributed by atoms with Crippen molar-refractivity contribution in [1.82, 2.24) is 9.13 Å². The maximum Gasteiger partial charge on any atom is 0.328 e. The van der Waals surface area contributed by atoms with Crippen molar-refractivity contribution >= 4 is 32.5 Å². The number of amides is 1. The van der Waals surface area contributed by atoms with Crippen molar-refractivity contribution in [2.45, 2.75) is 16.7 Å². The van der Waals surface area contributed by atoms with Gasteiger partial charge in [0.2, 0.25) is 9.84 Å². The molecule has 182 valence electrons. The molecule has 35 heavy (non-hydrogen) atoms. The van der Waals surface area contributed by atoms with Gasteiger partial charge in [-0.1, -0.05) is 17.7 Å². The maximum absolute atomic E-state index is 13.6. The molecule has 0 spiro atoms. The van der Waals surface area contributed by atoms with E-state index in [4.69, 9.17) is 9.47 Å². The average Bonchev–Trinajstić information content (AvgIpc) is 3.06. The van der Waals surface area contributed by atoms with Crippen molar-refractivity contribution in [3.8, 4) is 11.5 Å². The standard InChI is InChI=1S/C25H25N3O6S/c1-15-6-9-17(10-7-15)35(31,32)23-14-20-19(27(2)25(30)28(20)3)13-18(23)26-24(29)16-8-11-21(33-4)22(12-16)34-5/h6-14H,1-5H3,(H,26,29). The fraction of sp³-hybridized carbons (Fsp3) is 0.200. The first-order chi connectivity index (χ1) is 16.6. The molecule has 0 aliphatic rings. The van der Waals surface area contributed by atoms with Crippen LogP contribution in [-0.2, 0) is 23.9 Å². The molecule has 1 aromatic heterocycles. The Labute approximate surface area is 202 Å². The van der Waals surface area contributed by atoms with Crippen LogP contribution in [0.2, 0.25) is 0 Å². The molecule has 0 fully saturated rings. The van der Waals surface area contributed by atoms with Crippen molar-refractivity contribution in [1.29, 1.82) is 0 Å². The highest BCUT2D eigenvalue weighted by Gasteiger charge is 2.25. The van der Waals surface area contributed by atoms with Crippen LogP contribution in [0.25, 0.3) is 11.0 Å². The third kappa shape index (κ3) is 4.17. The van der Waals surface area contributed by atoms with Crippen LogP contribution in [0.4, 0.5) is 5.69 Å². The van der Waals surface area contributed by atoms with E-state index in [1.165, 1.54) is 53.7 Å². The van der Waals surface area contributed by atoms with Crippen LogP contribution in [0.1, 0.15) is 15.9 Å². The zero-order valence-electron chi connectivity index (χ0n) is 19.9. The predicted octanol–water partition coefficient (Wildman–Crippen LogP) is 3.29. The Bertz CT molecular complexity index is 1620.